The molecular weight excluding hydrogens is 360 g/mol. The van der Waals surface area contributed by atoms with Gasteiger partial charge in [0.25, 0.3) is 0 Å². The first-order chi connectivity index (χ1) is 13.1. The minimum Gasteiger partial charge on any atom is -0.461 e. The third-order valence-electron chi connectivity index (χ3n) is 4.51. The maximum Gasteiger partial charge on any atom is 0.233 e. The van der Waals surface area contributed by atoms with Crippen LogP contribution in [0.4, 0.5) is 0 Å². The Morgan fingerprint density at radius 1 is 1.22 bits per heavy atom. The molecule has 2 heterocycles. The van der Waals surface area contributed by atoms with Crippen LogP contribution in [-0.4, -0.2) is 32.5 Å². The van der Waals surface area contributed by atoms with Crippen LogP contribution in [0.2, 0.25) is 0 Å². The highest BCUT2D eigenvalue weighted by Crippen LogP contribution is 2.26. The average Bonchev–Trinajstić information content (AvgIpc) is 3.33. The van der Waals surface area contributed by atoms with Gasteiger partial charge in [-0.3, -0.25) is 4.79 Å². The summed E-state index contributed by atoms with van der Waals surface area (Å²) in [6.07, 6.45) is 2.57. The van der Waals surface area contributed by atoms with Crippen LogP contribution < -0.4 is 5.32 Å². The molecule has 1 aromatic carbocycles. The molecule has 0 aliphatic rings. The van der Waals surface area contributed by atoms with E-state index >= 15 is 0 Å². The summed E-state index contributed by atoms with van der Waals surface area (Å²) in [5, 5.41) is 11.8. The van der Waals surface area contributed by atoms with Crippen molar-refractivity contribution >= 4 is 17.7 Å². The SMILES string of the molecule is CC[C@H](CNC(=O)[C@@H](C)Sc1nnc(-c2ccco2)n1C)c1ccccc1. The number of rotatable bonds is 8. The minimum absolute atomic E-state index is 0.00284. The van der Waals surface area contributed by atoms with E-state index in [4.69, 9.17) is 4.42 Å². The largest absolute Gasteiger partial charge is 0.461 e. The zero-order chi connectivity index (χ0) is 19.2. The molecule has 0 saturated carbocycles. The molecule has 1 amide bonds. The number of furan rings is 1. The smallest absolute Gasteiger partial charge is 0.233 e. The van der Waals surface area contributed by atoms with E-state index < -0.39 is 0 Å². The summed E-state index contributed by atoms with van der Waals surface area (Å²) in [4.78, 5) is 12.5. The standard InChI is InChI=1S/C20H24N4O2S/c1-4-15(16-9-6-5-7-10-16)13-21-19(25)14(2)27-20-23-22-18(24(20)3)17-11-8-12-26-17/h5-12,14-15H,4,13H2,1-3H3,(H,21,25)/t14-,15-/m1/s1. The molecule has 142 valence electrons. The highest BCUT2D eigenvalue weighted by Gasteiger charge is 2.21. The Morgan fingerprint density at radius 2 is 2.00 bits per heavy atom. The molecule has 0 aliphatic heterocycles. The van der Waals surface area contributed by atoms with Crippen LogP contribution in [0.5, 0.6) is 0 Å². The lowest BCUT2D eigenvalue weighted by Crippen LogP contribution is -2.34. The molecule has 0 bridgehead atoms. The summed E-state index contributed by atoms with van der Waals surface area (Å²) in [5.74, 6) is 1.61. The molecule has 0 aliphatic carbocycles. The number of amides is 1. The monoisotopic (exact) mass is 384 g/mol. The molecule has 27 heavy (non-hydrogen) atoms. The van der Waals surface area contributed by atoms with Crippen LogP contribution in [0, 0.1) is 0 Å². The third-order valence-corrected chi connectivity index (χ3v) is 5.65. The zero-order valence-corrected chi connectivity index (χ0v) is 16.6. The molecule has 0 spiro atoms. The Hall–Kier alpha value is -2.54. The van der Waals surface area contributed by atoms with Crippen molar-refractivity contribution in [3.8, 4) is 11.6 Å². The number of thioether (sulfide) groups is 1. The van der Waals surface area contributed by atoms with Crippen LogP contribution in [0.25, 0.3) is 11.6 Å². The van der Waals surface area contributed by atoms with Gasteiger partial charge in [0.1, 0.15) is 0 Å². The fourth-order valence-electron chi connectivity index (χ4n) is 2.84. The number of hydrogen-bond donors (Lipinski definition) is 1. The Kier molecular flexibility index (Phi) is 6.34. The van der Waals surface area contributed by atoms with E-state index in [1.54, 1.807) is 6.26 Å². The van der Waals surface area contributed by atoms with Gasteiger partial charge in [-0.05, 0) is 31.0 Å². The van der Waals surface area contributed by atoms with Gasteiger partial charge in [-0.2, -0.15) is 0 Å². The molecule has 7 heteroatoms. The van der Waals surface area contributed by atoms with E-state index in [2.05, 4.69) is 34.6 Å². The second-order valence-corrected chi connectivity index (χ2v) is 7.67. The van der Waals surface area contributed by atoms with Gasteiger partial charge in [0.05, 0.1) is 11.5 Å². The minimum atomic E-state index is -0.273. The van der Waals surface area contributed by atoms with Gasteiger partial charge in [-0.25, -0.2) is 0 Å². The zero-order valence-electron chi connectivity index (χ0n) is 15.8. The second-order valence-electron chi connectivity index (χ2n) is 6.36. The fraction of sp³-hybridized carbons (Fsp3) is 0.350. The molecule has 3 aromatic rings. The topological polar surface area (TPSA) is 73.0 Å². The molecule has 0 radical (unpaired) electrons. The predicted molar refractivity (Wildman–Crippen MR) is 107 cm³/mol. The van der Waals surface area contributed by atoms with Crippen molar-refractivity contribution in [1.29, 1.82) is 0 Å². The number of benzene rings is 1. The third kappa shape index (κ3) is 4.60. The van der Waals surface area contributed by atoms with Gasteiger partial charge in [-0.15, -0.1) is 10.2 Å². The number of aromatic nitrogens is 3. The van der Waals surface area contributed by atoms with Gasteiger partial charge < -0.3 is 14.3 Å². The van der Waals surface area contributed by atoms with E-state index in [9.17, 15) is 4.79 Å². The Bertz CT molecular complexity index is 862. The molecule has 3 rings (SSSR count). The van der Waals surface area contributed by atoms with Crippen molar-refractivity contribution in [3.05, 3.63) is 54.3 Å². The van der Waals surface area contributed by atoms with Gasteiger partial charge in [0, 0.05) is 19.5 Å². The molecule has 0 fully saturated rings. The maximum atomic E-state index is 12.5. The van der Waals surface area contributed by atoms with Crippen molar-refractivity contribution in [1.82, 2.24) is 20.1 Å². The van der Waals surface area contributed by atoms with Gasteiger partial charge >= 0.3 is 0 Å². The first-order valence-electron chi connectivity index (χ1n) is 9.02. The number of carbonyl (C=O) groups excluding carboxylic acids is 1. The van der Waals surface area contributed by atoms with Crippen LogP contribution in [-0.2, 0) is 11.8 Å². The Labute approximate surface area is 163 Å². The van der Waals surface area contributed by atoms with Gasteiger partial charge in [0.15, 0.2) is 16.7 Å². The molecule has 6 nitrogen and oxygen atoms in total. The predicted octanol–water partition coefficient (Wildman–Crippen LogP) is 3.87. The molecule has 0 saturated heterocycles. The Balaban J connectivity index is 1.58. The molecular formula is C20H24N4O2S. The van der Waals surface area contributed by atoms with Crippen molar-refractivity contribution < 1.29 is 9.21 Å². The first kappa shape index (κ1) is 19.2. The van der Waals surface area contributed by atoms with Crippen molar-refractivity contribution in [2.75, 3.05) is 6.54 Å². The quantitative estimate of drug-likeness (QED) is 0.597. The summed E-state index contributed by atoms with van der Waals surface area (Å²) in [7, 11) is 1.87. The summed E-state index contributed by atoms with van der Waals surface area (Å²) >= 11 is 1.39. The van der Waals surface area contributed by atoms with E-state index in [1.165, 1.54) is 17.3 Å². The van der Waals surface area contributed by atoms with Gasteiger partial charge in [-0.1, -0.05) is 49.0 Å². The molecule has 1 N–H and O–H groups in total. The van der Waals surface area contributed by atoms with Crippen LogP contribution >= 0.6 is 11.8 Å². The first-order valence-corrected chi connectivity index (χ1v) is 9.90. The average molecular weight is 385 g/mol. The second kappa shape index (κ2) is 8.90. The highest BCUT2D eigenvalue weighted by molar-refractivity contribution is 8.00. The highest BCUT2D eigenvalue weighted by atomic mass is 32.2. The number of nitrogens with one attached hydrogen (secondary N) is 1. The lowest BCUT2D eigenvalue weighted by molar-refractivity contribution is -0.120. The van der Waals surface area contributed by atoms with Gasteiger partial charge in [0.2, 0.25) is 5.91 Å². The Morgan fingerprint density at radius 3 is 2.67 bits per heavy atom. The molecule has 0 unspecified atom stereocenters. The fourth-order valence-corrected chi connectivity index (χ4v) is 3.68. The molecule has 2 aromatic heterocycles. The van der Waals surface area contributed by atoms with E-state index in [0.29, 0.717) is 29.2 Å². The van der Waals surface area contributed by atoms with E-state index in [0.717, 1.165) is 6.42 Å². The number of carbonyl (C=O) groups is 1. The van der Waals surface area contributed by atoms with Crippen molar-refractivity contribution in [3.63, 3.8) is 0 Å². The van der Waals surface area contributed by atoms with Crippen LogP contribution in [0.15, 0.2) is 58.3 Å². The van der Waals surface area contributed by atoms with E-state index in [1.807, 2.05) is 48.9 Å². The maximum absolute atomic E-state index is 12.5. The van der Waals surface area contributed by atoms with Crippen LogP contribution in [0.3, 0.4) is 0 Å². The summed E-state index contributed by atoms with van der Waals surface area (Å²) < 4.78 is 7.21. The van der Waals surface area contributed by atoms with Crippen molar-refractivity contribution in [2.45, 2.75) is 36.6 Å². The summed E-state index contributed by atoms with van der Waals surface area (Å²) in [6, 6.07) is 13.9. The summed E-state index contributed by atoms with van der Waals surface area (Å²) in [5.41, 5.74) is 1.25. The lowest BCUT2D eigenvalue weighted by Gasteiger charge is -2.18. The number of nitrogens with zero attached hydrogens (tertiary/aromatic N) is 3. The summed E-state index contributed by atoms with van der Waals surface area (Å²) in [6.45, 7) is 4.64. The number of hydrogen-bond acceptors (Lipinski definition) is 5. The van der Waals surface area contributed by atoms with Crippen LogP contribution in [0.1, 0.15) is 31.7 Å². The lowest BCUT2D eigenvalue weighted by atomic mass is 9.96. The normalized spacial score (nSPS) is 13.3. The van der Waals surface area contributed by atoms with Crippen molar-refractivity contribution in [2.24, 2.45) is 7.05 Å². The van der Waals surface area contributed by atoms with E-state index in [-0.39, 0.29) is 11.2 Å². The molecule has 2 atom stereocenters.